The maximum absolute atomic E-state index is 5.67. The molecule has 2 aliphatic rings. The van der Waals surface area contributed by atoms with Crippen molar-refractivity contribution >= 4 is 5.69 Å². The van der Waals surface area contributed by atoms with Crippen LogP contribution in [0.15, 0.2) is 18.2 Å². The zero-order chi connectivity index (χ0) is 16.8. The van der Waals surface area contributed by atoms with Gasteiger partial charge >= 0.3 is 0 Å². The summed E-state index contributed by atoms with van der Waals surface area (Å²) in [5.41, 5.74) is 2.70. The summed E-state index contributed by atoms with van der Waals surface area (Å²) in [6.45, 7) is 9.55. The molecule has 1 aromatic carbocycles. The van der Waals surface area contributed by atoms with E-state index < -0.39 is 0 Å². The molecule has 0 spiro atoms. The summed E-state index contributed by atoms with van der Waals surface area (Å²) in [6.07, 6.45) is 5.12. The fraction of sp³-hybridized carbons (Fsp3) is 0.700. The molecule has 2 heterocycles. The standard InChI is InChI=1S/C20H32N2O2/c1-3-17-7-10-21(11-8-17)12-9-18-19(5-4-6-20(18)23-2)22-13-15-24-16-14-22/h4-6,17H,3,7-16H2,1-2H3. The van der Waals surface area contributed by atoms with Gasteiger partial charge in [-0.3, -0.25) is 0 Å². The summed E-state index contributed by atoms with van der Waals surface area (Å²) in [5, 5.41) is 0. The van der Waals surface area contributed by atoms with Gasteiger partial charge in [0.15, 0.2) is 0 Å². The molecule has 0 atom stereocenters. The van der Waals surface area contributed by atoms with Crippen molar-refractivity contribution in [1.29, 1.82) is 0 Å². The molecule has 2 fully saturated rings. The normalized spacial score (nSPS) is 20.3. The molecule has 0 bridgehead atoms. The molecule has 0 unspecified atom stereocenters. The number of morpholine rings is 1. The Kier molecular flexibility index (Phi) is 6.38. The summed E-state index contributed by atoms with van der Waals surface area (Å²) >= 11 is 0. The fourth-order valence-electron chi connectivity index (χ4n) is 3.99. The number of hydrogen-bond acceptors (Lipinski definition) is 4. The maximum atomic E-state index is 5.67. The van der Waals surface area contributed by atoms with Crippen molar-refractivity contribution in [3.8, 4) is 5.75 Å². The van der Waals surface area contributed by atoms with Crippen molar-refractivity contribution in [3.63, 3.8) is 0 Å². The summed E-state index contributed by atoms with van der Waals surface area (Å²) in [7, 11) is 1.79. The molecule has 0 amide bonds. The molecular weight excluding hydrogens is 300 g/mol. The average molecular weight is 332 g/mol. The molecule has 2 aliphatic heterocycles. The quantitative estimate of drug-likeness (QED) is 0.799. The number of methoxy groups -OCH3 is 1. The van der Waals surface area contributed by atoms with Crippen LogP contribution < -0.4 is 9.64 Å². The van der Waals surface area contributed by atoms with Crippen molar-refractivity contribution in [2.45, 2.75) is 32.6 Å². The van der Waals surface area contributed by atoms with Gasteiger partial charge in [0.25, 0.3) is 0 Å². The summed E-state index contributed by atoms with van der Waals surface area (Å²) in [4.78, 5) is 5.08. The zero-order valence-corrected chi connectivity index (χ0v) is 15.3. The molecule has 4 nitrogen and oxygen atoms in total. The number of anilines is 1. The number of piperidine rings is 1. The van der Waals surface area contributed by atoms with Gasteiger partial charge in [0.1, 0.15) is 5.75 Å². The molecule has 1 aromatic rings. The van der Waals surface area contributed by atoms with Crippen molar-refractivity contribution in [3.05, 3.63) is 23.8 Å². The van der Waals surface area contributed by atoms with Crippen LogP contribution in [0.3, 0.4) is 0 Å². The smallest absolute Gasteiger partial charge is 0.124 e. The van der Waals surface area contributed by atoms with Gasteiger partial charge in [0.2, 0.25) is 0 Å². The Morgan fingerprint density at radius 3 is 2.54 bits per heavy atom. The van der Waals surface area contributed by atoms with E-state index in [1.54, 1.807) is 7.11 Å². The first kappa shape index (κ1) is 17.6. The van der Waals surface area contributed by atoms with E-state index in [9.17, 15) is 0 Å². The third-order valence-electron chi connectivity index (χ3n) is 5.64. The molecule has 134 valence electrons. The molecule has 0 aliphatic carbocycles. The number of rotatable bonds is 6. The largest absolute Gasteiger partial charge is 0.496 e. The van der Waals surface area contributed by atoms with Gasteiger partial charge in [0, 0.05) is 30.9 Å². The predicted octanol–water partition coefficient (Wildman–Crippen LogP) is 3.20. The Labute approximate surface area is 146 Å². The molecule has 3 rings (SSSR count). The van der Waals surface area contributed by atoms with E-state index >= 15 is 0 Å². The van der Waals surface area contributed by atoms with E-state index in [0.29, 0.717) is 0 Å². The monoisotopic (exact) mass is 332 g/mol. The van der Waals surface area contributed by atoms with Crippen LogP contribution in [0.2, 0.25) is 0 Å². The Bertz CT molecular complexity index is 506. The van der Waals surface area contributed by atoms with Crippen LogP contribution in [0, 0.1) is 5.92 Å². The summed E-state index contributed by atoms with van der Waals surface area (Å²) < 4.78 is 11.2. The predicted molar refractivity (Wildman–Crippen MR) is 99.2 cm³/mol. The molecule has 0 N–H and O–H groups in total. The van der Waals surface area contributed by atoms with Gasteiger partial charge in [0.05, 0.1) is 20.3 Å². The Morgan fingerprint density at radius 2 is 1.88 bits per heavy atom. The van der Waals surface area contributed by atoms with Crippen LogP contribution >= 0.6 is 0 Å². The minimum Gasteiger partial charge on any atom is -0.496 e. The topological polar surface area (TPSA) is 24.9 Å². The fourth-order valence-corrected chi connectivity index (χ4v) is 3.99. The Morgan fingerprint density at radius 1 is 1.12 bits per heavy atom. The van der Waals surface area contributed by atoms with Crippen molar-refractivity contribution < 1.29 is 9.47 Å². The minimum atomic E-state index is 0.821. The molecule has 0 radical (unpaired) electrons. The molecule has 0 aromatic heterocycles. The van der Waals surface area contributed by atoms with Gasteiger partial charge in [-0.15, -0.1) is 0 Å². The number of nitrogens with zero attached hydrogens (tertiary/aromatic N) is 2. The second kappa shape index (κ2) is 8.72. The van der Waals surface area contributed by atoms with E-state index in [2.05, 4.69) is 34.9 Å². The molecule has 0 saturated carbocycles. The van der Waals surface area contributed by atoms with Gasteiger partial charge in [-0.25, -0.2) is 0 Å². The van der Waals surface area contributed by atoms with Crippen molar-refractivity contribution in [2.24, 2.45) is 5.92 Å². The van der Waals surface area contributed by atoms with Crippen LogP contribution in [0.25, 0.3) is 0 Å². The van der Waals surface area contributed by atoms with E-state index in [-0.39, 0.29) is 0 Å². The SMILES string of the molecule is CCC1CCN(CCc2c(OC)cccc2N2CCOCC2)CC1. The van der Waals surface area contributed by atoms with Gasteiger partial charge in [-0.05, 0) is 50.4 Å². The Balaban J connectivity index is 1.67. The highest BCUT2D eigenvalue weighted by atomic mass is 16.5. The first-order chi connectivity index (χ1) is 11.8. The van der Waals surface area contributed by atoms with E-state index in [0.717, 1.165) is 50.9 Å². The highest BCUT2D eigenvalue weighted by molar-refractivity contribution is 5.59. The highest BCUT2D eigenvalue weighted by Gasteiger charge is 2.21. The van der Waals surface area contributed by atoms with E-state index in [1.165, 1.54) is 43.6 Å². The maximum Gasteiger partial charge on any atom is 0.124 e. The first-order valence-electron chi connectivity index (χ1n) is 9.52. The van der Waals surface area contributed by atoms with Crippen LogP contribution in [0.5, 0.6) is 5.75 Å². The van der Waals surface area contributed by atoms with Gasteiger partial charge < -0.3 is 19.3 Å². The van der Waals surface area contributed by atoms with Crippen LogP contribution in [-0.4, -0.2) is 57.9 Å². The number of likely N-dealkylation sites (tertiary alicyclic amines) is 1. The van der Waals surface area contributed by atoms with Crippen LogP contribution in [0.4, 0.5) is 5.69 Å². The van der Waals surface area contributed by atoms with Crippen molar-refractivity contribution in [1.82, 2.24) is 4.90 Å². The van der Waals surface area contributed by atoms with Crippen LogP contribution in [0.1, 0.15) is 31.7 Å². The number of benzene rings is 1. The summed E-state index contributed by atoms with van der Waals surface area (Å²) in [5.74, 6) is 1.97. The van der Waals surface area contributed by atoms with Gasteiger partial charge in [-0.2, -0.15) is 0 Å². The lowest BCUT2D eigenvalue weighted by molar-refractivity contribution is 0.122. The third kappa shape index (κ3) is 4.22. The molecule has 2 saturated heterocycles. The number of hydrogen-bond donors (Lipinski definition) is 0. The molecular formula is C20H32N2O2. The average Bonchev–Trinajstić information content (AvgIpc) is 2.67. The molecule has 4 heteroatoms. The third-order valence-corrected chi connectivity index (χ3v) is 5.64. The van der Waals surface area contributed by atoms with Gasteiger partial charge in [-0.1, -0.05) is 19.4 Å². The minimum absolute atomic E-state index is 0.821. The van der Waals surface area contributed by atoms with E-state index in [1.807, 2.05) is 0 Å². The number of ether oxygens (including phenoxy) is 2. The van der Waals surface area contributed by atoms with E-state index in [4.69, 9.17) is 9.47 Å². The second-order valence-electron chi connectivity index (χ2n) is 7.00. The Hall–Kier alpha value is -1.26. The van der Waals surface area contributed by atoms with Crippen LogP contribution in [-0.2, 0) is 11.2 Å². The lowest BCUT2D eigenvalue weighted by Crippen LogP contribution is -2.37. The second-order valence-corrected chi connectivity index (χ2v) is 7.00. The first-order valence-corrected chi connectivity index (χ1v) is 9.52. The lowest BCUT2D eigenvalue weighted by atomic mass is 9.94. The lowest BCUT2D eigenvalue weighted by Gasteiger charge is -2.33. The zero-order valence-electron chi connectivity index (χ0n) is 15.3. The summed E-state index contributed by atoms with van der Waals surface area (Å²) in [6, 6.07) is 6.45. The van der Waals surface area contributed by atoms with Crippen molar-refractivity contribution in [2.75, 3.05) is 57.9 Å². The highest BCUT2D eigenvalue weighted by Crippen LogP contribution is 2.31. The molecule has 24 heavy (non-hydrogen) atoms.